The second kappa shape index (κ2) is 8.62. The van der Waals surface area contributed by atoms with E-state index in [0.717, 1.165) is 12.0 Å². The van der Waals surface area contributed by atoms with E-state index in [4.69, 9.17) is 14.2 Å². The zero-order valence-corrected chi connectivity index (χ0v) is 16.6. The Morgan fingerprint density at radius 2 is 1.77 bits per heavy atom. The molecule has 8 heteroatoms. The first-order valence-corrected chi connectivity index (χ1v) is 10.5. The van der Waals surface area contributed by atoms with Gasteiger partial charge in [0, 0.05) is 12.6 Å². The van der Waals surface area contributed by atoms with Gasteiger partial charge in [-0.05, 0) is 30.5 Å². The smallest absolute Gasteiger partial charge is 0.227 e. The number of carbonyl (C=O) groups excluding carboxylic acids is 1. The van der Waals surface area contributed by atoms with Gasteiger partial charge in [-0.2, -0.15) is 0 Å². The number of nitrogens with zero attached hydrogens (tertiary/aromatic N) is 1. The quantitative estimate of drug-likeness (QED) is 0.677. The number of sulfone groups is 1. The summed E-state index contributed by atoms with van der Waals surface area (Å²) in [5.41, 5.74) is 0.728. The number of hydrogen-bond donors (Lipinski definition) is 0. The molecule has 1 aromatic rings. The van der Waals surface area contributed by atoms with Crippen molar-refractivity contribution >= 4 is 15.7 Å². The Morgan fingerprint density at radius 3 is 2.19 bits per heavy atom. The molecule has 146 valence electrons. The van der Waals surface area contributed by atoms with Crippen molar-refractivity contribution < 1.29 is 27.4 Å². The molecule has 1 aromatic carbocycles. The molecule has 0 radical (unpaired) electrons. The lowest BCUT2D eigenvalue weighted by atomic mass is 10.1. The SMILES string of the molecule is CCCN(C(=O)Cc1cc(OC)c(OC)c(OC)c1)[C@H]1CCS(=O)(=O)C1. The van der Waals surface area contributed by atoms with Gasteiger partial charge < -0.3 is 19.1 Å². The second-order valence-electron chi connectivity index (χ2n) is 6.35. The Balaban J connectivity index is 2.23. The van der Waals surface area contributed by atoms with Crippen LogP contribution >= 0.6 is 0 Å². The Kier molecular flexibility index (Phi) is 6.75. The number of ether oxygens (including phenoxy) is 3. The molecule has 1 fully saturated rings. The van der Waals surface area contributed by atoms with Crippen molar-refractivity contribution in [3.63, 3.8) is 0 Å². The maximum Gasteiger partial charge on any atom is 0.227 e. The Labute approximate surface area is 155 Å². The zero-order valence-electron chi connectivity index (χ0n) is 15.8. The van der Waals surface area contributed by atoms with Crippen LogP contribution in [0.4, 0.5) is 0 Å². The van der Waals surface area contributed by atoms with Crippen LogP contribution in [0.5, 0.6) is 17.2 Å². The van der Waals surface area contributed by atoms with E-state index >= 15 is 0 Å². The van der Waals surface area contributed by atoms with Crippen LogP contribution in [0.1, 0.15) is 25.3 Å². The minimum atomic E-state index is -3.05. The van der Waals surface area contributed by atoms with E-state index in [2.05, 4.69) is 0 Å². The molecule has 1 aliphatic heterocycles. The predicted octanol–water partition coefficient (Wildman–Crippen LogP) is 1.68. The standard InChI is InChI=1S/C18H27NO6S/c1-5-7-19(14-6-8-26(21,22)12-14)17(20)11-13-9-15(23-2)18(25-4)16(10-13)24-3/h9-10,14H,5-8,11-12H2,1-4H3/t14-/m0/s1. The molecule has 0 aromatic heterocycles. The van der Waals surface area contributed by atoms with Gasteiger partial charge in [0.05, 0.1) is 39.3 Å². The highest BCUT2D eigenvalue weighted by Crippen LogP contribution is 2.38. The molecule has 2 rings (SSSR count). The van der Waals surface area contributed by atoms with E-state index < -0.39 is 9.84 Å². The summed E-state index contributed by atoms with van der Waals surface area (Å²) in [7, 11) is 1.52. The maximum absolute atomic E-state index is 12.9. The minimum absolute atomic E-state index is 0.0496. The fourth-order valence-corrected chi connectivity index (χ4v) is 5.02. The first-order valence-electron chi connectivity index (χ1n) is 8.64. The normalized spacial score (nSPS) is 18.4. The molecule has 1 saturated heterocycles. The molecule has 1 heterocycles. The number of methoxy groups -OCH3 is 3. The summed E-state index contributed by atoms with van der Waals surface area (Å²) in [6.07, 6.45) is 1.42. The molecular weight excluding hydrogens is 358 g/mol. The molecular formula is C18H27NO6S. The van der Waals surface area contributed by atoms with E-state index in [1.54, 1.807) is 17.0 Å². The van der Waals surface area contributed by atoms with Gasteiger partial charge in [-0.25, -0.2) is 8.42 Å². The van der Waals surface area contributed by atoms with Crippen molar-refractivity contribution in [2.24, 2.45) is 0 Å². The largest absolute Gasteiger partial charge is 0.493 e. The van der Waals surface area contributed by atoms with Crippen LogP contribution in [-0.4, -0.2) is 64.6 Å². The van der Waals surface area contributed by atoms with Crippen molar-refractivity contribution in [2.75, 3.05) is 39.4 Å². The molecule has 1 aliphatic rings. The fourth-order valence-electron chi connectivity index (χ4n) is 3.29. The van der Waals surface area contributed by atoms with E-state index in [-0.39, 0.29) is 29.9 Å². The third kappa shape index (κ3) is 4.60. The summed E-state index contributed by atoms with van der Waals surface area (Å²) in [5.74, 6) is 1.55. The second-order valence-corrected chi connectivity index (χ2v) is 8.58. The first kappa shape index (κ1) is 20.4. The highest BCUT2D eigenvalue weighted by Gasteiger charge is 2.34. The van der Waals surface area contributed by atoms with E-state index in [1.165, 1.54) is 21.3 Å². The van der Waals surface area contributed by atoms with Crippen LogP contribution in [0, 0.1) is 0 Å². The summed E-state index contributed by atoms with van der Waals surface area (Å²) in [6.45, 7) is 2.52. The lowest BCUT2D eigenvalue weighted by Crippen LogP contribution is -2.42. The summed E-state index contributed by atoms with van der Waals surface area (Å²) < 4.78 is 39.5. The average Bonchev–Trinajstić information content (AvgIpc) is 2.97. The summed E-state index contributed by atoms with van der Waals surface area (Å²) in [5, 5.41) is 0. The summed E-state index contributed by atoms with van der Waals surface area (Å²) >= 11 is 0. The van der Waals surface area contributed by atoms with Crippen LogP contribution in [0.3, 0.4) is 0 Å². The van der Waals surface area contributed by atoms with Crippen LogP contribution in [0.2, 0.25) is 0 Å². The average molecular weight is 385 g/mol. The Bertz CT molecular complexity index is 721. The van der Waals surface area contributed by atoms with Gasteiger partial charge in [-0.1, -0.05) is 6.92 Å². The molecule has 0 unspecified atom stereocenters. The zero-order chi connectivity index (χ0) is 19.3. The van der Waals surface area contributed by atoms with Crippen LogP contribution in [0.25, 0.3) is 0 Å². The van der Waals surface area contributed by atoms with Gasteiger partial charge in [-0.3, -0.25) is 4.79 Å². The molecule has 7 nitrogen and oxygen atoms in total. The van der Waals surface area contributed by atoms with Crippen molar-refractivity contribution in [1.29, 1.82) is 0 Å². The number of carbonyl (C=O) groups is 1. The first-order chi connectivity index (χ1) is 12.3. The molecule has 0 bridgehead atoms. The molecule has 1 atom stereocenters. The molecule has 26 heavy (non-hydrogen) atoms. The third-order valence-electron chi connectivity index (χ3n) is 4.51. The predicted molar refractivity (Wildman–Crippen MR) is 98.9 cm³/mol. The van der Waals surface area contributed by atoms with E-state index in [9.17, 15) is 13.2 Å². The highest BCUT2D eigenvalue weighted by atomic mass is 32.2. The molecule has 0 saturated carbocycles. The minimum Gasteiger partial charge on any atom is -0.493 e. The third-order valence-corrected chi connectivity index (χ3v) is 6.26. The van der Waals surface area contributed by atoms with E-state index in [0.29, 0.717) is 30.2 Å². The van der Waals surface area contributed by atoms with Gasteiger partial charge in [0.1, 0.15) is 0 Å². The molecule has 0 N–H and O–H groups in total. The Morgan fingerprint density at radius 1 is 1.15 bits per heavy atom. The van der Waals surface area contributed by atoms with Crippen molar-refractivity contribution in [3.05, 3.63) is 17.7 Å². The van der Waals surface area contributed by atoms with Gasteiger partial charge in [0.15, 0.2) is 21.3 Å². The maximum atomic E-state index is 12.9. The molecule has 0 aliphatic carbocycles. The number of hydrogen-bond acceptors (Lipinski definition) is 6. The van der Waals surface area contributed by atoms with Gasteiger partial charge in [0.2, 0.25) is 11.7 Å². The summed E-state index contributed by atoms with van der Waals surface area (Å²) in [6, 6.07) is 3.25. The summed E-state index contributed by atoms with van der Waals surface area (Å²) in [4.78, 5) is 14.6. The fraction of sp³-hybridized carbons (Fsp3) is 0.611. The lowest BCUT2D eigenvalue weighted by Gasteiger charge is -2.28. The number of amides is 1. The topological polar surface area (TPSA) is 82.1 Å². The number of benzene rings is 1. The lowest BCUT2D eigenvalue weighted by molar-refractivity contribution is -0.132. The van der Waals surface area contributed by atoms with Gasteiger partial charge in [-0.15, -0.1) is 0 Å². The van der Waals surface area contributed by atoms with Crippen molar-refractivity contribution in [2.45, 2.75) is 32.2 Å². The highest BCUT2D eigenvalue weighted by molar-refractivity contribution is 7.91. The monoisotopic (exact) mass is 385 g/mol. The molecule has 1 amide bonds. The van der Waals surface area contributed by atoms with Crippen LogP contribution in [0.15, 0.2) is 12.1 Å². The van der Waals surface area contributed by atoms with Crippen molar-refractivity contribution in [1.82, 2.24) is 4.90 Å². The van der Waals surface area contributed by atoms with Gasteiger partial charge in [0.25, 0.3) is 0 Å². The van der Waals surface area contributed by atoms with Gasteiger partial charge >= 0.3 is 0 Å². The van der Waals surface area contributed by atoms with Crippen LogP contribution in [-0.2, 0) is 21.1 Å². The number of rotatable bonds is 8. The van der Waals surface area contributed by atoms with Crippen molar-refractivity contribution in [3.8, 4) is 17.2 Å². The Hall–Kier alpha value is -1.96. The molecule has 0 spiro atoms. The van der Waals surface area contributed by atoms with Crippen LogP contribution < -0.4 is 14.2 Å². The van der Waals surface area contributed by atoms with E-state index in [1.807, 2.05) is 6.92 Å².